The molecule has 182 valence electrons. The molecule has 2 heterocycles. The van der Waals surface area contributed by atoms with Crippen LogP contribution in [0.4, 0.5) is 0 Å². The molecule has 0 radical (unpaired) electrons. The predicted molar refractivity (Wildman–Crippen MR) is 136 cm³/mol. The smallest absolute Gasteiger partial charge is 0.245 e. The fourth-order valence-electron chi connectivity index (χ4n) is 4.17. The molecule has 0 aliphatic carbocycles. The Balaban J connectivity index is 0.00000324. The van der Waals surface area contributed by atoms with Gasteiger partial charge in [0.05, 0.1) is 5.54 Å². The largest absolute Gasteiger partial charge is 0.490 e. The zero-order chi connectivity index (χ0) is 23.4. The molecule has 8 heteroatoms. The van der Waals surface area contributed by atoms with Gasteiger partial charge in [-0.3, -0.25) is 9.59 Å². The average molecular weight is 485 g/mol. The van der Waals surface area contributed by atoms with Crippen molar-refractivity contribution in [2.75, 3.05) is 13.1 Å². The van der Waals surface area contributed by atoms with Crippen LogP contribution in [0.15, 0.2) is 60.8 Å². The van der Waals surface area contributed by atoms with Crippen LogP contribution >= 0.6 is 12.4 Å². The fourth-order valence-corrected chi connectivity index (χ4v) is 4.17. The number of fused-ring (bicyclic) bond motifs is 1. The number of para-hydroxylation sites is 2. The van der Waals surface area contributed by atoms with Crippen LogP contribution in [-0.2, 0) is 16.0 Å². The number of piperidine rings is 1. The number of ether oxygens (including phenoxy) is 1. The number of aromatic amines is 1. The molecule has 4 rings (SSSR count). The van der Waals surface area contributed by atoms with Crippen LogP contribution in [-0.4, -0.2) is 52.5 Å². The first-order valence-corrected chi connectivity index (χ1v) is 11.5. The van der Waals surface area contributed by atoms with Crippen molar-refractivity contribution >= 4 is 35.1 Å². The fraction of sp³-hybridized carbons (Fsp3) is 0.385. The minimum Gasteiger partial charge on any atom is -0.490 e. The minimum atomic E-state index is -1.07. The molecule has 0 saturated carbocycles. The topological polar surface area (TPSA) is 100 Å². The van der Waals surface area contributed by atoms with Gasteiger partial charge >= 0.3 is 0 Å². The number of carbonyl (C=O) groups is 2. The summed E-state index contributed by atoms with van der Waals surface area (Å²) < 4.78 is 6.06. The van der Waals surface area contributed by atoms with E-state index in [2.05, 4.69) is 10.3 Å². The van der Waals surface area contributed by atoms with Crippen molar-refractivity contribution < 1.29 is 14.3 Å². The van der Waals surface area contributed by atoms with Crippen LogP contribution < -0.4 is 15.8 Å². The molecule has 1 saturated heterocycles. The molecule has 1 aliphatic rings. The van der Waals surface area contributed by atoms with Gasteiger partial charge in [0.1, 0.15) is 17.9 Å². The lowest BCUT2D eigenvalue weighted by molar-refractivity contribution is -0.138. The van der Waals surface area contributed by atoms with Crippen molar-refractivity contribution in [3.63, 3.8) is 0 Å². The molecular weight excluding hydrogens is 452 g/mol. The van der Waals surface area contributed by atoms with Gasteiger partial charge < -0.3 is 25.7 Å². The molecule has 0 spiro atoms. The molecule has 2 aromatic carbocycles. The minimum absolute atomic E-state index is 0. The number of benzene rings is 2. The molecular formula is C26H33ClN4O3. The monoisotopic (exact) mass is 484 g/mol. The van der Waals surface area contributed by atoms with Crippen molar-refractivity contribution in [2.45, 2.75) is 50.8 Å². The number of nitrogens with zero attached hydrogens (tertiary/aromatic N) is 1. The zero-order valence-electron chi connectivity index (χ0n) is 19.6. The van der Waals surface area contributed by atoms with E-state index >= 15 is 0 Å². The number of hydrogen-bond acceptors (Lipinski definition) is 4. The second-order valence-electron chi connectivity index (χ2n) is 9.27. The van der Waals surface area contributed by atoms with Crippen molar-refractivity contribution in [1.82, 2.24) is 15.2 Å². The normalized spacial score (nSPS) is 15.4. The van der Waals surface area contributed by atoms with Gasteiger partial charge in [-0.2, -0.15) is 0 Å². The lowest BCUT2D eigenvalue weighted by atomic mass is 9.99. The SMILES string of the molecule is CC(C)(N)C(=O)N[C@H](Cc1c[nH]c2ccccc12)C(=O)N1CCC(Oc2ccccc2)CC1.Cl. The molecule has 3 aromatic rings. The average Bonchev–Trinajstić information content (AvgIpc) is 3.21. The number of likely N-dealkylation sites (tertiary alicyclic amines) is 1. The van der Waals surface area contributed by atoms with E-state index in [1.807, 2.05) is 65.7 Å². The quantitative estimate of drug-likeness (QED) is 0.478. The number of H-pyrrole nitrogens is 1. The second-order valence-corrected chi connectivity index (χ2v) is 9.27. The first-order chi connectivity index (χ1) is 15.8. The Hall–Kier alpha value is -3.03. The van der Waals surface area contributed by atoms with Crippen LogP contribution in [0.3, 0.4) is 0 Å². The molecule has 2 amide bonds. The van der Waals surface area contributed by atoms with E-state index in [0.717, 1.165) is 35.1 Å². The lowest BCUT2D eigenvalue weighted by Gasteiger charge is -2.35. The highest BCUT2D eigenvalue weighted by molar-refractivity contribution is 5.92. The maximum absolute atomic E-state index is 13.5. The third-order valence-electron chi connectivity index (χ3n) is 6.09. The van der Waals surface area contributed by atoms with Gasteiger partial charge in [0, 0.05) is 49.5 Å². The van der Waals surface area contributed by atoms with Gasteiger partial charge in [0.25, 0.3) is 0 Å². The van der Waals surface area contributed by atoms with Gasteiger partial charge in [-0.25, -0.2) is 0 Å². The number of aromatic nitrogens is 1. The van der Waals surface area contributed by atoms with Gasteiger partial charge in [-0.05, 0) is 37.6 Å². The number of nitrogens with two attached hydrogens (primary N) is 1. The van der Waals surface area contributed by atoms with Gasteiger partial charge in [-0.15, -0.1) is 12.4 Å². The summed E-state index contributed by atoms with van der Waals surface area (Å²) >= 11 is 0. The standard InChI is InChI=1S/C26H32N4O3.ClH/c1-26(2,27)25(32)29-23(16-18-17-28-22-11-7-6-10-21(18)22)24(31)30-14-12-20(13-15-30)33-19-8-4-3-5-9-19;/h3-11,17,20,23,28H,12-16,27H2,1-2H3,(H,29,32);1H/t23-;/m1./s1. The summed E-state index contributed by atoms with van der Waals surface area (Å²) in [7, 11) is 0. The second kappa shape index (κ2) is 10.9. The molecule has 0 unspecified atom stereocenters. The number of nitrogens with one attached hydrogen (secondary N) is 2. The van der Waals surface area contributed by atoms with E-state index in [4.69, 9.17) is 10.5 Å². The molecule has 4 N–H and O–H groups in total. The third-order valence-corrected chi connectivity index (χ3v) is 6.09. The van der Waals surface area contributed by atoms with Crippen molar-refractivity contribution in [2.24, 2.45) is 5.73 Å². The number of amides is 2. The maximum Gasteiger partial charge on any atom is 0.245 e. The van der Waals surface area contributed by atoms with Gasteiger partial charge in [-0.1, -0.05) is 36.4 Å². The molecule has 1 aromatic heterocycles. The van der Waals surface area contributed by atoms with Crippen molar-refractivity contribution in [3.05, 3.63) is 66.4 Å². The summed E-state index contributed by atoms with van der Waals surface area (Å²) in [5, 5.41) is 3.96. The number of hydrogen-bond donors (Lipinski definition) is 3. The van der Waals surface area contributed by atoms with E-state index in [9.17, 15) is 9.59 Å². The van der Waals surface area contributed by atoms with Crippen molar-refractivity contribution in [3.8, 4) is 5.75 Å². The molecule has 7 nitrogen and oxygen atoms in total. The molecule has 0 bridgehead atoms. The van der Waals surface area contributed by atoms with E-state index in [0.29, 0.717) is 19.5 Å². The van der Waals surface area contributed by atoms with E-state index in [1.165, 1.54) is 0 Å². The van der Waals surface area contributed by atoms with Gasteiger partial charge in [0.2, 0.25) is 11.8 Å². The Kier molecular flexibility index (Phi) is 8.23. The highest BCUT2D eigenvalue weighted by Gasteiger charge is 2.33. The van der Waals surface area contributed by atoms with Crippen LogP contribution in [0.1, 0.15) is 32.3 Å². The van der Waals surface area contributed by atoms with Crippen LogP contribution in [0.2, 0.25) is 0 Å². The first kappa shape index (κ1) is 25.6. The summed E-state index contributed by atoms with van der Waals surface area (Å²) in [6.45, 7) is 4.45. The van der Waals surface area contributed by atoms with Gasteiger partial charge in [0.15, 0.2) is 0 Å². The van der Waals surface area contributed by atoms with Crippen LogP contribution in [0.25, 0.3) is 10.9 Å². The summed E-state index contributed by atoms with van der Waals surface area (Å²) in [6.07, 6.45) is 3.87. The predicted octanol–water partition coefficient (Wildman–Crippen LogP) is 3.42. The Morgan fingerprint density at radius 1 is 1.12 bits per heavy atom. The highest BCUT2D eigenvalue weighted by atomic mass is 35.5. The Labute approximate surface area is 206 Å². The van der Waals surface area contributed by atoms with Crippen LogP contribution in [0, 0.1) is 0 Å². The van der Waals surface area contributed by atoms with E-state index < -0.39 is 11.6 Å². The number of halogens is 1. The Bertz CT molecular complexity index is 1100. The van der Waals surface area contributed by atoms with Crippen molar-refractivity contribution in [1.29, 1.82) is 0 Å². The van der Waals surface area contributed by atoms with E-state index in [1.54, 1.807) is 13.8 Å². The van der Waals surface area contributed by atoms with E-state index in [-0.39, 0.29) is 30.3 Å². The summed E-state index contributed by atoms with van der Waals surface area (Å²) in [6, 6.07) is 17.0. The van der Waals surface area contributed by atoms with Crippen LogP contribution in [0.5, 0.6) is 5.75 Å². The zero-order valence-corrected chi connectivity index (χ0v) is 20.4. The molecule has 1 aliphatic heterocycles. The Morgan fingerprint density at radius 3 is 2.44 bits per heavy atom. The Morgan fingerprint density at radius 2 is 1.76 bits per heavy atom. The summed E-state index contributed by atoms with van der Waals surface area (Å²) in [5.41, 5.74) is 6.92. The highest BCUT2D eigenvalue weighted by Crippen LogP contribution is 2.22. The summed E-state index contributed by atoms with van der Waals surface area (Å²) in [5.74, 6) is 0.413. The third kappa shape index (κ3) is 6.10. The molecule has 1 fully saturated rings. The molecule has 1 atom stereocenters. The first-order valence-electron chi connectivity index (χ1n) is 11.5. The number of rotatable bonds is 7. The maximum atomic E-state index is 13.5. The lowest BCUT2D eigenvalue weighted by Crippen LogP contribution is -2.58. The summed E-state index contributed by atoms with van der Waals surface area (Å²) in [4.78, 5) is 31.3. The number of carbonyl (C=O) groups excluding carboxylic acids is 2. The molecule has 34 heavy (non-hydrogen) atoms.